The summed E-state index contributed by atoms with van der Waals surface area (Å²) >= 11 is 0. The Morgan fingerprint density at radius 1 is 1.08 bits per heavy atom. The van der Waals surface area contributed by atoms with E-state index in [1.165, 1.54) is 13.4 Å². The molecule has 2 atom stereocenters. The number of benzene rings is 2. The van der Waals surface area contributed by atoms with E-state index in [1.54, 1.807) is 25.3 Å². The molecule has 0 aliphatic heterocycles. The summed E-state index contributed by atoms with van der Waals surface area (Å²) in [5, 5.41) is 15.1. The predicted octanol–water partition coefficient (Wildman–Crippen LogP) is 3.19. The third kappa shape index (κ3) is 6.53. The number of hydrogen-bond acceptors (Lipinski definition) is 9. The Labute approximate surface area is 221 Å². The number of hydrogen-bond donors (Lipinski definition) is 4. The van der Waals surface area contributed by atoms with Crippen LogP contribution in [-0.2, 0) is 16.0 Å². The first-order valence-electron chi connectivity index (χ1n) is 12.3. The third-order valence-corrected chi connectivity index (χ3v) is 6.16. The first-order valence-corrected chi connectivity index (χ1v) is 12.3. The number of nitrogens with zero attached hydrogens (tertiary/aromatic N) is 2. The quantitative estimate of drug-likeness (QED) is 0.163. The Morgan fingerprint density at radius 3 is 2.63 bits per heavy atom. The number of carbonyl (C=O) groups excluding carboxylic acids is 1. The van der Waals surface area contributed by atoms with Gasteiger partial charge < -0.3 is 30.6 Å². The Morgan fingerprint density at radius 2 is 1.87 bits per heavy atom. The van der Waals surface area contributed by atoms with Crippen molar-refractivity contribution >= 4 is 23.3 Å². The molecule has 0 radical (unpaired) electrons. The summed E-state index contributed by atoms with van der Waals surface area (Å²) in [6.45, 7) is 1.39. The second-order valence-electron chi connectivity index (χ2n) is 8.71. The number of para-hydroxylation sites is 1. The molecule has 38 heavy (non-hydrogen) atoms. The monoisotopic (exact) mass is 516 g/mol. The van der Waals surface area contributed by atoms with Crippen LogP contribution in [-0.4, -0.2) is 61.2 Å². The van der Waals surface area contributed by atoms with Gasteiger partial charge >= 0.3 is 0 Å². The number of ether oxygens (including phenoxy) is 3. The second-order valence-corrected chi connectivity index (χ2v) is 8.71. The number of amides is 1. The van der Waals surface area contributed by atoms with Gasteiger partial charge in [-0.1, -0.05) is 48.6 Å². The molecule has 0 fully saturated rings. The molecule has 0 bridgehead atoms. The van der Waals surface area contributed by atoms with Gasteiger partial charge in [-0.05, 0) is 17.7 Å². The molecule has 1 aromatic heterocycles. The second kappa shape index (κ2) is 12.8. The van der Waals surface area contributed by atoms with Gasteiger partial charge in [0.1, 0.15) is 23.7 Å². The molecule has 5 N–H and O–H groups in total. The van der Waals surface area contributed by atoms with Crippen molar-refractivity contribution in [2.45, 2.75) is 25.1 Å². The van der Waals surface area contributed by atoms with Crippen molar-refractivity contribution in [1.29, 1.82) is 5.41 Å². The first kappa shape index (κ1) is 26.8. The van der Waals surface area contributed by atoms with E-state index >= 15 is 0 Å². The average molecular weight is 517 g/mol. The number of carbonyl (C=O) groups is 1. The van der Waals surface area contributed by atoms with E-state index < -0.39 is 0 Å². The summed E-state index contributed by atoms with van der Waals surface area (Å²) in [6, 6.07) is 14.4. The van der Waals surface area contributed by atoms with Crippen LogP contribution in [0.3, 0.4) is 0 Å². The number of methoxy groups -OCH3 is 2. The van der Waals surface area contributed by atoms with Gasteiger partial charge in [0.2, 0.25) is 0 Å². The molecule has 1 aliphatic carbocycles. The SMILES string of the molecule is COCCOC1C=CC(Nc2ncnc(N)c2C(=N)c2ccc(CNC(=O)c3ccccc3OC)cc2)C1. The lowest BCUT2D eigenvalue weighted by molar-refractivity contribution is 0.0391. The predicted molar refractivity (Wildman–Crippen MR) is 146 cm³/mol. The number of nitrogens with two attached hydrogens (primary N) is 1. The maximum absolute atomic E-state index is 12.6. The summed E-state index contributed by atoms with van der Waals surface area (Å²) in [5.74, 6) is 0.998. The van der Waals surface area contributed by atoms with E-state index in [2.05, 4.69) is 20.6 Å². The van der Waals surface area contributed by atoms with Crippen molar-refractivity contribution in [3.05, 3.63) is 89.3 Å². The van der Waals surface area contributed by atoms with Crippen molar-refractivity contribution in [2.75, 3.05) is 38.5 Å². The zero-order chi connectivity index (χ0) is 26.9. The lowest BCUT2D eigenvalue weighted by Gasteiger charge is -2.18. The topological polar surface area (TPSA) is 144 Å². The minimum absolute atomic E-state index is 0.0132. The minimum atomic E-state index is -0.225. The van der Waals surface area contributed by atoms with Crippen molar-refractivity contribution in [2.24, 2.45) is 0 Å². The lowest BCUT2D eigenvalue weighted by Crippen LogP contribution is -2.23. The Hall–Kier alpha value is -4.28. The molecule has 3 aromatic rings. The standard InChI is InChI=1S/C28H32N6O4/c1-36-13-14-38-21-12-11-20(15-21)34-27-24(26(30)32-17-33-27)25(29)19-9-7-18(8-10-19)16-31-28(35)22-5-3-4-6-23(22)37-2/h3-12,17,20-21,29H,13-16H2,1-2H3,(H,31,35)(H3,30,32,33,34). The van der Waals surface area contributed by atoms with Crippen LogP contribution in [0.5, 0.6) is 5.75 Å². The highest BCUT2D eigenvalue weighted by Gasteiger charge is 2.23. The Kier molecular flexibility index (Phi) is 9.02. The number of rotatable bonds is 12. The van der Waals surface area contributed by atoms with Gasteiger partial charge in [-0.25, -0.2) is 9.97 Å². The minimum Gasteiger partial charge on any atom is -0.496 e. The fraction of sp³-hybridized carbons (Fsp3) is 0.286. The maximum atomic E-state index is 12.6. The average Bonchev–Trinajstić information content (AvgIpc) is 3.39. The van der Waals surface area contributed by atoms with Gasteiger partial charge in [-0.15, -0.1) is 0 Å². The number of aromatic nitrogens is 2. The molecule has 1 amide bonds. The van der Waals surface area contributed by atoms with Crippen molar-refractivity contribution in [1.82, 2.24) is 15.3 Å². The largest absolute Gasteiger partial charge is 0.496 e. The van der Waals surface area contributed by atoms with E-state index in [4.69, 9.17) is 25.4 Å². The van der Waals surface area contributed by atoms with Gasteiger partial charge in [0.05, 0.1) is 43.3 Å². The zero-order valence-corrected chi connectivity index (χ0v) is 21.4. The maximum Gasteiger partial charge on any atom is 0.255 e. The molecule has 1 aliphatic rings. The van der Waals surface area contributed by atoms with E-state index in [0.29, 0.717) is 48.0 Å². The molecule has 10 nitrogen and oxygen atoms in total. The molecule has 1 heterocycles. The van der Waals surface area contributed by atoms with Crippen LogP contribution in [0.1, 0.15) is 33.5 Å². The normalized spacial score (nSPS) is 16.3. The van der Waals surface area contributed by atoms with Crippen LogP contribution in [0.15, 0.2) is 67.0 Å². The van der Waals surface area contributed by atoms with Gasteiger partial charge in [-0.2, -0.15) is 0 Å². The lowest BCUT2D eigenvalue weighted by atomic mass is 10.0. The summed E-state index contributed by atoms with van der Waals surface area (Å²) in [5.41, 5.74) is 8.82. The van der Waals surface area contributed by atoms with Crippen LogP contribution in [0, 0.1) is 5.41 Å². The van der Waals surface area contributed by atoms with Crippen molar-refractivity contribution in [3.8, 4) is 5.75 Å². The fourth-order valence-electron chi connectivity index (χ4n) is 4.15. The van der Waals surface area contributed by atoms with Crippen molar-refractivity contribution in [3.63, 3.8) is 0 Å². The third-order valence-electron chi connectivity index (χ3n) is 6.16. The van der Waals surface area contributed by atoms with Crippen LogP contribution in [0.2, 0.25) is 0 Å². The molecule has 4 rings (SSSR count). The van der Waals surface area contributed by atoms with Gasteiger partial charge in [0.15, 0.2) is 0 Å². The molecular weight excluding hydrogens is 484 g/mol. The Balaban J connectivity index is 1.40. The fourth-order valence-corrected chi connectivity index (χ4v) is 4.15. The molecule has 0 saturated carbocycles. The summed E-state index contributed by atoms with van der Waals surface area (Å²) in [6.07, 6.45) is 6.13. The smallest absolute Gasteiger partial charge is 0.255 e. The molecule has 198 valence electrons. The zero-order valence-electron chi connectivity index (χ0n) is 21.4. The van der Waals surface area contributed by atoms with E-state index in [9.17, 15) is 4.79 Å². The summed E-state index contributed by atoms with van der Waals surface area (Å²) in [7, 11) is 3.18. The van der Waals surface area contributed by atoms with E-state index in [1.807, 2.05) is 42.5 Å². The number of nitrogens with one attached hydrogen (secondary N) is 3. The Bertz CT molecular complexity index is 1290. The van der Waals surface area contributed by atoms with E-state index in [0.717, 1.165) is 12.0 Å². The van der Waals surface area contributed by atoms with E-state index in [-0.39, 0.29) is 29.6 Å². The van der Waals surface area contributed by atoms with Gasteiger partial charge in [-0.3, -0.25) is 10.2 Å². The van der Waals surface area contributed by atoms with Gasteiger partial charge in [0, 0.05) is 31.7 Å². The molecule has 0 spiro atoms. The molecule has 2 aromatic carbocycles. The molecule has 10 heteroatoms. The van der Waals surface area contributed by atoms with Crippen LogP contribution >= 0.6 is 0 Å². The molecule has 0 saturated heterocycles. The summed E-state index contributed by atoms with van der Waals surface area (Å²) < 4.78 is 16.1. The van der Waals surface area contributed by atoms with Crippen LogP contribution in [0.4, 0.5) is 11.6 Å². The van der Waals surface area contributed by atoms with Gasteiger partial charge in [0.25, 0.3) is 5.91 Å². The molecule has 2 unspecified atom stereocenters. The van der Waals surface area contributed by atoms with Crippen LogP contribution in [0.25, 0.3) is 0 Å². The van der Waals surface area contributed by atoms with Crippen LogP contribution < -0.4 is 21.1 Å². The van der Waals surface area contributed by atoms with Crippen molar-refractivity contribution < 1.29 is 19.0 Å². The highest BCUT2D eigenvalue weighted by atomic mass is 16.5. The number of nitrogen functional groups attached to an aromatic ring is 1. The molecular formula is C28H32N6O4. The summed E-state index contributed by atoms with van der Waals surface area (Å²) in [4.78, 5) is 21.1. The highest BCUT2D eigenvalue weighted by Crippen LogP contribution is 2.25. The number of anilines is 2. The first-order chi connectivity index (χ1) is 18.5. The highest BCUT2D eigenvalue weighted by molar-refractivity contribution is 6.16.